The quantitative estimate of drug-likeness (QED) is 0.631. The number of carbonyl (C=O) groups is 2. The van der Waals surface area contributed by atoms with Gasteiger partial charge in [-0.25, -0.2) is 4.39 Å². The Morgan fingerprint density at radius 3 is 2.64 bits per heavy atom. The highest BCUT2D eigenvalue weighted by atomic mass is 35.5. The Kier molecular flexibility index (Phi) is 7.81. The molecule has 0 saturated carbocycles. The maximum Gasteiger partial charge on any atom is 0.306 e. The van der Waals surface area contributed by atoms with Gasteiger partial charge in [0, 0.05) is 10.6 Å². The number of ether oxygens (including phenoxy) is 1. The molecule has 150 valence electrons. The second-order valence-electron chi connectivity index (χ2n) is 6.58. The van der Waals surface area contributed by atoms with Gasteiger partial charge in [-0.3, -0.25) is 9.59 Å². The van der Waals surface area contributed by atoms with Crippen LogP contribution in [0.25, 0.3) is 0 Å². The predicted octanol–water partition coefficient (Wildman–Crippen LogP) is 4.71. The minimum absolute atomic E-state index is 0.0313. The summed E-state index contributed by atoms with van der Waals surface area (Å²) in [6, 6.07) is 9.32. The molecule has 1 atom stereocenters. The van der Waals surface area contributed by atoms with E-state index in [1.807, 2.05) is 6.92 Å². The van der Waals surface area contributed by atoms with Crippen LogP contribution in [-0.4, -0.2) is 23.6 Å². The summed E-state index contributed by atoms with van der Waals surface area (Å²) in [7, 11) is 0. The molecular formula is C21H23ClFNO4. The third-order valence-electron chi connectivity index (χ3n) is 4.11. The van der Waals surface area contributed by atoms with Crippen LogP contribution in [0.4, 0.5) is 10.1 Å². The van der Waals surface area contributed by atoms with E-state index >= 15 is 0 Å². The van der Waals surface area contributed by atoms with Crippen molar-refractivity contribution in [2.75, 3.05) is 11.9 Å². The van der Waals surface area contributed by atoms with Crippen molar-refractivity contribution in [1.29, 1.82) is 0 Å². The van der Waals surface area contributed by atoms with Crippen molar-refractivity contribution in [1.82, 2.24) is 0 Å². The molecule has 0 aliphatic carbocycles. The zero-order chi connectivity index (χ0) is 20.7. The van der Waals surface area contributed by atoms with E-state index in [2.05, 4.69) is 5.32 Å². The van der Waals surface area contributed by atoms with Crippen molar-refractivity contribution in [2.24, 2.45) is 5.92 Å². The molecular weight excluding hydrogens is 385 g/mol. The molecule has 28 heavy (non-hydrogen) atoms. The van der Waals surface area contributed by atoms with E-state index in [1.54, 1.807) is 25.1 Å². The molecule has 1 unspecified atom stereocenters. The highest BCUT2D eigenvalue weighted by molar-refractivity contribution is 6.30. The Morgan fingerprint density at radius 1 is 1.25 bits per heavy atom. The monoisotopic (exact) mass is 407 g/mol. The number of aliphatic carboxylic acids is 1. The minimum atomic E-state index is -0.885. The van der Waals surface area contributed by atoms with Gasteiger partial charge in [-0.15, -0.1) is 0 Å². The maximum atomic E-state index is 13.9. The Morgan fingerprint density at radius 2 is 2.00 bits per heavy atom. The molecule has 1 amide bonds. The van der Waals surface area contributed by atoms with Crippen molar-refractivity contribution in [3.63, 3.8) is 0 Å². The van der Waals surface area contributed by atoms with Crippen LogP contribution in [0, 0.1) is 11.7 Å². The molecule has 0 spiro atoms. The molecule has 0 radical (unpaired) electrons. The van der Waals surface area contributed by atoms with Crippen LogP contribution >= 0.6 is 11.6 Å². The Bertz CT molecular complexity index is 856. The molecule has 5 nitrogen and oxygen atoms in total. The maximum absolute atomic E-state index is 13.9. The van der Waals surface area contributed by atoms with Gasteiger partial charge in [-0.05, 0) is 42.7 Å². The van der Waals surface area contributed by atoms with Crippen molar-refractivity contribution in [3.05, 3.63) is 58.4 Å². The van der Waals surface area contributed by atoms with Gasteiger partial charge in [-0.2, -0.15) is 0 Å². The number of benzene rings is 2. The number of hydrogen-bond donors (Lipinski definition) is 2. The average molecular weight is 408 g/mol. The van der Waals surface area contributed by atoms with Crippen molar-refractivity contribution >= 4 is 29.2 Å². The van der Waals surface area contributed by atoms with E-state index in [-0.39, 0.29) is 17.1 Å². The lowest BCUT2D eigenvalue weighted by Crippen LogP contribution is -2.17. The largest absolute Gasteiger partial charge is 0.493 e. The summed E-state index contributed by atoms with van der Waals surface area (Å²) >= 11 is 5.72. The number of amides is 1. The zero-order valence-electron chi connectivity index (χ0n) is 15.8. The first-order valence-corrected chi connectivity index (χ1v) is 9.40. The van der Waals surface area contributed by atoms with Gasteiger partial charge >= 0.3 is 5.97 Å². The first-order chi connectivity index (χ1) is 13.3. The molecule has 2 rings (SSSR count). The van der Waals surface area contributed by atoms with E-state index in [1.165, 1.54) is 12.1 Å². The van der Waals surface area contributed by atoms with Gasteiger partial charge in [0.25, 0.3) is 0 Å². The number of nitrogens with one attached hydrogen (secondary N) is 1. The van der Waals surface area contributed by atoms with Crippen LogP contribution in [-0.2, 0) is 22.4 Å². The second kappa shape index (κ2) is 10.1. The molecule has 2 aromatic rings. The zero-order valence-corrected chi connectivity index (χ0v) is 16.6. The molecule has 2 aromatic carbocycles. The molecule has 2 N–H and O–H groups in total. The third kappa shape index (κ3) is 6.23. The highest BCUT2D eigenvalue weighted by Gasteiger charge is 2.16. The highest BCUT2D eigenvalue weighted by Crippen LogP contribution is 2.24. The molecule has 0 aliphatic rings. The summed E-state index contributed by atoms with van der Waals surface area (Å²) in [4.78, 5) is 23.5. The van der Waals surface area contributed by atoms with Gasteiger partial charge in [0.1, 0.15) is 11.6 Å². The number of carbonyl (C=O) groups excluding carboxylic acids is 1. The number of anilines is 1. The first-order valence-electron chi connectivity index (χ1n) is 9.02. The second-order valence-corrected chi connectivity index (χ2v) is 7.02. The topological polar surface area (TPSA) is 75.6 Å². The standard InChI is InChI=1S/C21H23ClFNO4/c1-3-8-28-19-7-4-14(9-13(2)21(26)27)10-15(19)11-20(25)24-18-6-5-16(22)12-17(18)23/h4-7,10,12-13H,3,8-9,11H2,1-2H3,(H,24,25)(H,26,27). The summed E-state index contributed by atoms with van der Waals surface area (Å²) in [5.41, 5.74) is 1.45. The van der Waals surface area contributed by atoms with Gasteiger partial charge in [0.2, 0.25) is 5.91 Å². The summed E-state index contributed by atoms with van der Waals surface area (Å²) in [5.74, 6) is -1.91. The van der Waals surface area contributed by atoms with E-state index < -0.39 is 23.6 Å². The fourth-order valence-electron chi connectivity index (χ4n) is 2.65. The van der Waals surface area contributed by atoms with Gasteiger partial charge in [-0.1, -0.05) is 37.6 Å². The lowest BCUT2D eigenvalue weighted by molar-refractivity contribution is -0.141. The minimum Gasteiger partial charge on any atom is -0.493 e. The Balaban J connectivity index is 2.19. The van der Waals surface area contributed by atoms with Crippen LogP contribution < -0.4 is 10.1 Å². The van der Waals surface area contributed by atoms with Crippen LogP contribution in [0.5, 0.6) is 5.75 Å². The van der Waals surface area contributed by atoms with Crippen LogP contribution in [0.15, 0.2) is 36.4 Å². The van der Waals surface area contributed by atoms with Crippen LogP contribution in [0.3, 0.4) is 0 Å². The molecule has 0 aliphatic heterocycles. The van der Waals surface area contributed by atoms with E-state index in [9.17, 15) is 14.0 Å². The van der Waals surface area contributed by atoms with Gasteiger partial charge < -0.3 is 15.2 Å². The number of carboxylic acid groups (broad SMARTS) is 1. The Hall–Kier alpha value is -2.60. The summed E-state index contributed by atoms with van der Waals surface area (Å²) < 4.78 is 19.6. The van der Waals surface area contributed by atoms with Gasteiger partial charge in [0.15, 0.2) is 0 Å². The number of carboxylic acids is 1. The van der Waals surface area contributed by atoms with Gasteiger partial charge in [0.05, 0.1) is 24.6 Å². The first kappa shape index (κ1) is 21.7. The van der Waals surface area contributed by atoms with Crippen LogP contribution in [0.2, 0.25) is 5.02 Å². The molecule has 0 fully saturated rings. The normalized spacial score (nSPS) is 11.7. The average Bonchev–Trinajstić information content (AvgIpc) is 2.63. The van der Waals surface area contributed by atoms with Crippen molar-refractivity contribution in [2.45, 2.75) is 33.1 Å². The number of hydrogen-bond acceptors (Lipinski definition) is 3. The molecule has 0 bridgehead atoms. The molecule has 0 saturated heterocycles. The number of halogens is 2. The third-order valence-corrected chi connectivity index (χ3v) is 4.34. The van der Waals surface area contributed by atoms with E-state index in [0.717, 1.165) is 18.1 Å². The van der Waals surface area contributed by atoms with Crippen molar-refractivity contribution in [3.8, 4) is 5.75 Å². The van der Waals surface area contributed by atoms with Crippen molar-refractivity contribution < 1.29 is 23.8 Å². The molecule has 0 heterocycles. The lowest BCUT2D eigenvalue weighted by atomic mass is 9.98. The number of rotatable bonds is 9. The fourth-order valence-corrected chi connectivity index (χ4v) is 2.81. The predicted molar refractivity (Wildman–Crippen MR) is 106 cm³/mol. The SMILES string of the molecule is CCCOc1ccc(CC(C)C(=O)O)cc1CC(=O)Nc1ccc(Cl)cc1F. The Labute approximate surface area is 168 Å². The summed E-state index contributed by atoms with van der Waals surface area (Å²) in [5, 5.41) is 11.9. The van der Waals surface area contributed by atoms with E-state index in [0.29, 0.717) is 24.3 Å². The summed E-state index contributed by atoms with van der Waals surface area (Å²) in [6.07, 6.45) is 1.11. The smallest absolute Gasteiger partial charge is 0.306 e. The molecule has 0 aromatic heterocycles. The summed E-state index contributed by atoms with van der Waals surface area (Å²) in [6.45, 7) is 4.09. The van der Waals surface area contributed by atoms with Crippen LogP contribution in [0.1, 0.15) is 31.4 Å². The molecule has 7 heteroatoms. The fraction of sp³-hybridized carbons (Fsp3) is 0.333. The van der Waals surface area contributed by atoms with E-state index in [4.69, 9.17) is 21.4 Å². The lowest BCUT2D eigenvalue weighted by Gasteiger charge is -2.14.